The average molecular weight is 189 g/mol. The van der Waals surface area contributed by atoms with Crippen LogP contribution in [0.15, 0.2) is 5.10 Å². The lowest BCUT2D eigenvalue weighted by atomic mass is 10.3. The number of hydrogen-bond acceptors (Lipinski definition) is 4. The van der Waals surface area contributed by atoms with Crippen LogP contribution in [0.25, 0.3) is 0 Å². The number of nitrogens with zero attached hydrogens (tertiary/aromatic N) is 1. The summed E-state index contributed by atoms with van der Waals surface area (Å²) < 4.78 is 4.42. The lowest BCUT2D eigenvalue weighted by Gasteiger charge is -1.99. The summed E-state index contributed by atoms with van der Waals surface area (Å²) in [6.07, 6.45) is 0.131. The molecule has 0 aromatic carbocycles. The minimum absolute atomic E-state index is 0.0687. The van der Waals surface area contributed by atoms with Crippen LogP contribution in [-0.4, -0.2) is 23.9 Å². The zero-order chi connectivity index (χ0) is 9.56. The highest BCUT2D eigenvalue weighted by Crippen LogP contribution is 1.87. The zero-order valence-electron chi connectivity index (χ0n) is 6.96. The Morgan fingerprint density at radius 3 is 2.75 bits per heavy atom. The summed E-state index contributed by atoms with van der Waals surface area (Å²) in [5, 5.41) is 3.78. The number of nitrogens with one attached hydrogen (secondary N) is 1. The van der Waals surface area contributed by atoms with Crippen LogP contribution >= 0.6 is 12.2 Å². The molecule has 0 aliphatic heterocycles. The maximum atomic E-state index is 10.7. The van der Waals surface area contributed by atoms with Crippen LogP contribution in [0.5, 0.6) is 0 Å². The molecule has 0 rings (SSSR count). The second-order valence-corrected chi connectivity index (χ2v) is 2.52. The molecule has 0 spiro atoms. The van der Waals surface area contributed by atoms with E-state index >= 15 is 0 Å². The smallest absolute Gasteiger partial charge is 0.311 e. The Hall–Kier alpha value is -1.17. The van der Waals surface area contributed by atoms with E-state index in [9.17, 15) is 4.79 Å². The highest BCUT2D eigenvalue weighted by Gasteiger charge is 2.01. The summed E-state index contributed by atoms with van der Waals surface area (Å²) >= 11 is 4.50. The van der Waals surface area contributed by atoms with Gasteiger partial charge in [0.25, 0.3) is 0 Å². The number of hydrazone groups is 1. The molecule has 0 radical (unpaired) electrons. The molecular formula is C6H11N3O2S. The molecule has 5 nitrogen and oxygen atoms in total. The summed E-state index contributed by atoms with van der Waals surface area (Å²) in [6, 6.07) is 0. The number of carbonyl (C=O) groups excluding carboxylic acids is 1. The Labute approximate surface area is 76.0 Å². The van der Waals surface area contributed by atoms with Crippen LogP contribution in [0.3, 0.4) is 0 Å². The molecule has 0 aliphatic carbocycles. The first kappa shape index (κ1) is 10.8. The SMILES string of the molecule is COC(=O)CC(C)=NNC(N)=S. The maximum absolute atomic E-state index is 10.7. The highest BCUT2D eigenvalue weighted by atomic mass is 32.1. The molecule has 0 saturated heterocycles. The first-order valence-corrected chi connectivity index (χ1v) is 3.62. The van der Waals surface area contributed by atoms with Gasteiger partial charge < -0.3 is 10.5 Å². The van der Waals surface area contributed by atoms with Crippen molar-refractivity contribution in [3.05, 3.63) is 0 Å². The molecule has 6 heteroatoms. The minimum atomic E-state index is -0.346. The average Bonchev–Trinajstić information content (AvgIpc) is 2.00. The topological polar surface area (TPSA) is 76.7 Å². The lowest BCUT2D eigenvalue weighted by molar-refractivity contribution is -0.139. The molecule has 3 N–H and O–H groups in total. The van der Waals surface area contributed by atoms with Crippen molar-refractivity contribution < 1.29 is 9.53 Å². The molecule has 0 heterocycles. The predicted octanol–water partition coefficient (Wildman–Crippen LogP) is -0.241. The number of esters is 1. The molecule has 0 aromatic rings. The molecule has 68 valence electrons. The molecule has 12 heavy (non-hydrogen) atoms. The van der Waals surface area contributed by atoms with Gasteiger partial charge in [0.15, 0.2) is 5.11 Å². The van der Waals surface area contributed by atoms with Gasteiger partial charge in [-0.3, -0.25) is 10.2 Å². The predicted molar refractivity (Wildman–Crippen MR) is 49.7 cm³/mol. The van der Waals surface area contributed by atoms with Crippen molar-refractivity contribution in [2.24, 2.45) is 10.8 Å². The summed E-state index contributed by atoms with van der Waals surface area (Å²) in [4.78, 5) is 10.7. The number of methoxy groups -OCH3 is 1. The number of carbonyl (C=O) groups is 1. The summed E-state index contributed by atoms with van der Waals surface area (Å²) in [5.74, 6) is -0.346. The third-order valence-corrected chi connectivity index (χ3v) is 1.08. The van der Waals surface area contributed by atoms with Gasteiger partial charge in [-0.2, -0.15) is 5.10 Å². The van der Waals surface area contributed by atoms with E-state index < -0.39 is 0 Å². The molecule has 0 unspecified atom stereocenters. The third kappa shape index (κ3) is 5.60. The van der Waals surface area contributed by atoms with Crippen LogP contribution in [0.1, 0.15) is 13.3 Å². The number of thiocarbonyl (C=S) groups is 1. The highest BCUT2D eigenvalue weighted by molar-refractivity contribution is 7.80. The zero-order valence-corrected chi connectivity index (χ0v) is 7.77. The van der Waals surface area contributed by atoms with E-state index in [0.717, 1.165) is 0 Å². The monoisotopic (exact) mass is 189 g/mol. The van der Waals surface area contributed by atoms with Gasteiger partial charge in [0, 0.05) is 5.71 Å². The molecule has 0 fully saturated rings. The molecule has 0 aliphatic rings. The Morgan fingerprint density at radius 1 is 1.75 bits per heavy atom. The van der Waals surface area contributed by atoms with E-state index in [0.29, 0.717) is 5.71 Å². The molecule has 0 atom stereocenters. The minimum Gasteiger partial charge on any atom is -0.469 e. The van der Waals surface area contributed by atoms with Crippen molar-refractivity contribution in [1.29, 1.82) is 0 Å². The Balaban J connectivity index is 3.85. The second kappa shape index (κ2) is 5.48. The van der Waals surface area contributed by atoms with Crippen molar-refractivity contribution >= 4 is 29.0 Å². The molecule has 0 amide bonds. The van der Waals surface area contributed by atoms with Crippen LogP contribution in [0.2, 0.25) is 0 Å². The van der Waals surface area contributed by atoms with Gasteiger partial charge in [0.05, 0.1) is 13.5 Å². The van der Waals surface area contributed by atoms with E-state index in [2.05, 4.69) is 27.5 Å². The van der Waals surface area contributed by atoms with E-state index in [1.165, 1.54) is 7.11 Å². The van der Waals surface area contributed by atoms with Crippen molar-refractivity contribution in [3.63, 3.8) is 0 Å². The number of rotatable bonds is 3. The summed E-state index contributed by atoms with van der Waals surface area (Å²) in [7, 11) is 1.32. The first-order chi connectivity index (χ1) is 5.56. The van der Waals surface area contributed by atoms with Crippen molar-refractivity contribution in [2.45, 2.75) is 13.3 Å². The molecule has 0 aromatic heterocycles. The Bertz CT molecular complexity index is 215. The normalized spacial score (nSPS) is 10.7. The number of hydrogen-bond donors (Lipinski definition) is 2. The standard InChI is InChI=1S/C6H11N3O2S/c1-4(3-5(10)11-2)8-9-6(7)12/h3H2,1-2H3,(H3,7,9,12). The lowest BCUT2D eigenvalue weighted by Crippen LogP contribution is -2.25. The maximum Gasteiger partial charge on any atom is 0.311 e. The van der Waals surface area contributed by atoms with E-state index in [-0.39, 0.29) is 17.5 Å². The second-order valence-electron chi connectivity index (χ2n) is 2.08. The van der Waals surface area contributed by atoms with Crippen LogP contribution < -0.4 is 11.2 Å². The fraction of sp³-hybridized carbons (Fsp3) is 0.500. The van der Waals surface area contributed by atoms with Gasteiger partial charge in [0.2, 0.25) is 0 Å². The van der Waals surface area contributed by atoms with Crippen molar-refractivity contribution in [2.75, 3.05) is 7.11 Å². The Kier molecular flexibility index (Phi) is 4.94. The van der Waals surface area contributed by atoms with Crippen molar-refractivity contribution in [3.8, 4) is 0 Å². The van der Waals surface area contributed by atoms with E-state index in [4.69, 9.17) is 5.73 Å². The van der Waals surface area contributed by atoms with Crippen LogP contribution in [0.4, 0.5) is 0 Å². The van der Waals surface area contributed by atoms with Gasteiger partial charge in [-0.25, -0.2) is 0 Å². The van der Waals surface area contributed by atoms with Gasteiger partial charge in [-0.05, 0) is 19.1 Å². The van der Waals surface area contributed by atoms with Gasteiger partial charge in [0.1, 0.15) is 0 Å². The number of nitrogens with two attached hydrogens (primary N) is 1. The third-order valence-electron chi connectivity index (χ3n) is 0.985. The van der Waals surface area contributed by atoms with E-state index in [1.807, 2.05) is 0 Å². The molecule has 0 bridgehead atoms. The molecular weight excluding hydrogens is 178 g/mol. The van der Waals surface area contributed by atoms with Crippen molar-refractivity contribution in [1.82, 2.24) is 5.43 Å². The van der Waals surface area contributed by atoms with Gasteiger partial charge >= 0.3 is 5.97 Å². The quantitative estimate of drug-likeness (QED) is 0.277. The fourth-order valence-corrected chi connectivity index (χ4v) is 0.517. The van der Waals surface area contributed by atoms with Gasteiger partial charge in [-0.1, -0.05) is 0 Å². The first-order valence-electron chi connectivity index (χ1n) is 3.21. The molecule has 0 saturated carbocycles. The summed E-state index contributed by atoms with van der Waals surface area (Å²) in [5.41, 5.74) is 8.03. The summed E-state index contributed by atoms with van der Waals surface area (Å²) in [6.45, 7) is 1.67. The van der Waals surface area contributed by atoms with Gasteiger partial charge in [-0.15, -0.1) is 0 Å². The fourth-order valence-electron chi connectivity index (χ4n) is 0.471. The largest absolute Gasteiger partial charge is 0.469 e. The van der Waals surface area contributed by atoms with E-state index in [1.54, 1.807) is 6.92 Å². The Morgan fingerprint density at radius 2 is 2.33 bits per heavy atom. The van der Waals surface area contributed by atoms with Crippen LogP contribution in [0, 0.1) is 0 Å². The van der Waals surface area contributed by atoms with Crippen LogP contribution in [-0.2, 0) is 9.53 Å². The number of ether oxygens (including phenoxy) is 1.